The third-order valence-electron chi connectivity index (χ3n) is 4.22. The Labute approximate surface area is 175 Å². The number of thiocarbonyl (C=S) groups is 1. The van der Waals surface area contributed by atoms with Crippen molar-refractivity contribution in [2.24, 2.45) is 0 Å². The van der Waals surface area contributed by atoms with E-state index >= 15 is 0 Å². The number of hydrogen-bond donors (Lipinski definition) is 0. The minimum atomic E-state index is -0.428. The van der Waals surface area contributed by atoms with Crippen molar-refractivity contribution in [1.82, 2.24) is 0 Å². The zero-order valence-electron chi connectivity index (χ0n) is 14.6. The van der Waals surface area contributed by atoms with Crippen molar-refractivity contribution < 1.29 is 13.6 Å². The van der Waals surface area contributed by atoms with Crippen molar-refractivity contribution in [3.05, 3.63) is 81.7 Å². The molecule has 140 valence electrons. The highest BCUT2D eigenvalue weighted by Crippen LogP contribution is 2.37. The van der Waals surface area contributed by atoms with Crippen LogP contribution in [0.4, 0.5) is 10.1 Å². The van der Waals surface area contributed by atoms with Crippen molar-refractivity contribution in [1.29, 1.82) is 0 Å². The minimum Gasteiger partial charge on any atom is -0.457 e. The summed E-state index contributed by atoms with van der Waals surface area (Å²) in [5.41, 5.74) is 2.24. The van der Waals surface area contributed by atoms with Gasteiger partial charge in [-0.1, -0.05) is 53.8 Å². The van der Waals surface area contributed by atoms with Crippen LogP contribution in [0.3, 0.4) is 0 Å². The molecular formula is C21H13ClFNO2S2. The first kappa shape index (κ1) is 18.9. The van der Waals surface area contributed by atoms with Crippen molar-refractivity contribution >= 4 is 57.6 Å². The summed E-state index contributed by atoms with van der Waals surface area (Å²) >= 11 is 12.6. The Morgan fingerprint density at radius 1 is 1.18 bits per heavy atom. The number of hydrogen-bond acceptors (Lipinski definition) is 4. The van der Waals surface area contributed by atoms with Crippen molar-refractivity contribution in [3.63, 3.8) is 0 Å². The van der Waals surface area contributed by atoms with E-state index in [9.17, 15) is 9.18 Å². The van der Waals surface area contributed by atoms with Gasteiger partial charge in [-0.2, -0.15) is 0 Å². The number of aryl methyl sites for hydroxylation is 1. The Morgan fingerprint density at radius 3 is 2.75 bits per heavy atom. The van der Waals surface area contributed by atoms with Crippen LogP contribution in [0.15, 0.2) is 63.9 Å². The molecule has 1 fully saturated rings. The fraction of sp³-hybridized carbons (Fsp3) is 0.0476. The van der Waals surface area contributed by atoms with E-state index in [1.807, 2.05) is 31.2 Å². The molecule has 0 aliphatic carbocycles. The predicted octanol–water partition coefficient (Wildman–Crippen LogP) is 6.45. The second kappa shape index (κ2) is 7.54. The van der Waals surface area contributed by atoms with Gasteiger partial charge in [-0.15, -0.1) is 0 Å². The number of halogens is 2. The van der Waals surface area contributed by atoms with Crippen LogP contribution in [0.2, 0.25) is 5.02 Å². The predicted molar refractivity (Wildman–Crippen MR) is 116 cm³/mol. The summed E-state index contributed by atoms with van der Waals surface area (Å²) in [6, 6.07) is 15.1. The lowest BCUT2D eigenvalue weighted by molar-refractivity contribution is -0.113. The molecule has 0 N–H and O–H groups in total. The van der Waals surface area contributed by atoms with Gasteiger partial charge < -0.3 is 4.42 Å². The van der Waals surface area contributed by atoms with Gasteiger partial charge in [0.1, 0.15) is 17.3 Å². The highest BCUT2D eigenvalue weighted by molar-refractivity contribution is 8.27. The standard InChI is InChI=1S/C21H13ClFNO2S2/c1-12-5-6-13(9-17(12)22)18-8-7-16(26-18)11-19-20(25)24(21(27)28-19)15-4-2-3-14(23)10-15/h2-11H,1H3/b19-11+. The van der Waals surface area contributed by atoms with E-state index in [4.69, 9.17) is 28.2 Å². The van der Waals surface area contributed by atoms with Crippen LogP contribution >= 0.6 is 35.6 Å². The zero-order chi connectivity index (χ0) is 19.8. The quantitative estimate of drug-likeness (QED) is 0.353. The summed E-state index contributed by atoms with van der Waals surface area (Å²) in [6.07, 6.45) is 1.64. The monoisotopic (exact) mass is 429 g/mol. The molecule has 1 amide bonds. The Balaban J connectivity index is 1.61. The van der Waals surface area contributed by atoms with E-state index in [0.29, 0.717) is 31.5 Å². The molecule has 4 rings (SSSR count). The molecule has 0 unspecified atom stereocenters. The summed E-state index contributed by atoms with van der Waals surface area (Å²) < 4.78 is 19.7. The zero-order valence-corrected chi connectivity index (χ0v) is 17.0. The van der Waals surface area contributed by atoms with E-state index in [2.05, 4.69) is 0 Å². The van der Waals surface area contributed by atoms with Crippen LogP contribution in [-0.4, -0.2) is 10.2 Å². The fourth-order valence-corrected chi connectivity index (χ4v) is 4.23. The van der Waals surface area contributed by atoms with Gasteiger partial charge in [0.15, 0.2) is 4.32 Å². The third kappa shape index (κ3) is 3.63. The van der Waals surface area contributed by atoms with E-state index in [-0.39, 0.29) is 5.91 Å². The lowest BCUT2D eigenvalue weighted by atomic mass is 10.1. The van der Waals surface area contributed by atoms with Crippen molar-refractivity contribution in [3.8, 4) is 11.3 Å². The van der Waals surface area contributed by atoms with E-state index in [1.165, 1.54) is 17.0 Å². The van der Waals surface area contributed by atoms with Crippen LogP contribution in [0.5, 0.6) is 0 Å². The molecule has 0 saturated carbocycles. The molecular weight excluding hydrogens is 417 g/mol. The first-order chi connectivity index (χ1) is 13.4. The van der Waals surface area contributed by atoms with Gasteiger partial charge in [-0.25, -0.2) is 4.39 Å². The maximum atomic E-state index is 13.5. The van der Waals surface area contributed by atoms with Crippen LogP contribution < -0.4 is 4.90 Å². The summed E-state index contributed by atoms with van der Waals surface area (Å²) in [5, 5.41) is 0.659. The van der Waals surface area contributed by atoms with Crippen LogP contribution in [0.25, 0.3) is 17.4 Å². The molecule has 3 nitrogen and oxygen atoms in total. The van der Waals surface area contributed by atoms with Gasteiger partial charge in [-0.3, -0.25) is 9.69 Å². The molecule has 1 aliphatic rings. The number of thioether (sulfide) groups is 1. The Kier molecular flexibility index (Phi) is 5.10. The Morgan fingerprint density at radius 2 is 2.00 bits per heavy atom. The first-order valence-electron chi connectivity index (χ1n) is 8.32. The number of anilines is 1. The highest BCUT2D eigenvalue weighted by atomic mass is 35.5. The van der Waals surface area contributed by atoms with E-state index < -0.39 is 5.82 Å². The molecule has 2 heterocycles. The number of carbonyl (C=O) groups is 1. The smallest absolute Gasteiger partial charge is 0.270 e. The first-order valence-corrected chi connectivity index (χ1v) is 9.92. The minimum absolute atomic E-state index is 0.308. The second-order valence-corrected chi connectivity index (χ2v) is 8.25. The van der Waals surface area contributed by atoms with Gasteiger partial charge in [0.2, 0.25) is 0 Å². The number of nitrogens with zero attached hydrogens (tertiary/aromatic N) is 1. The number of rotatable bonds is 3. The van der Waals surface area contributed by atoms with Gasteiger partial charge >= 0.3 is 0 Å². The molecule has 7 heteroatoms. The molecule has 0 spiro atoms. The van der Waals surface area contributed by atoms with Gasteiger partial charge in [0.05, 0.1) is 10.6 Å². The summed E-state index contributed by atoms with van der Waals surface area (Å²) in [7, 11) is 0. The molecule has 1 saturated heterocycles. The molecule has 0 atom stereocenters. The fourth-order valence-electron chi connectivity index (χ4n) is 2.77. The maximum absolute atomic E-state index is 13.5. The maximum Gasteiger partial charge on any atom is 0.270 e. The van der Waals surface area contributed by atoms with Gasteiger partial charge in [0.25, 0.3) is 5.91 Å². The molecule has 2 aromatic carbocycles. The van der Waals surface area contributed by atoms with Gasteiger partial charge in [-0.05, 0) is 48.9 Å². The lowest BCUT2D eigenvalue weighted by Gasteiger charge is -2.14. The lowest BCUT2D eigenvalue weighted by Crippen LogP contribution is -2.27. The molecule has 1 aliphatic heterocycles. The third-order valence-corrected chi connectivity index (χ3v) is 5.93. The van der Waals surface area contributed by atoms with Crippen molar-refractivity contribution in [2.45, 2.75) is 6.92 Å². The molecule has 3 aromatic rings. The van der Waals surface area contributed by atoms with Crippen LogP contribution in [0.1, 0.15) is 11.3 Å². The highest BCUT2D eigenvalue weighted by Gasteiger charge is 2.33. The largest absolute Gasteiger partial charge is 0.457 e. The summed E-state index contributed by atoms with van der Waals surface area (Å²) in [5.74, 6) is 0.431. The number of benzene rings is 2. The summed E-state index contributed by atoms with van der Waals surface area (Å²) in [6.45, 7) is 1.93. The number of amides is 1. The average Bonchev–Trinajstić information content (AvgIpc) is 3.22. The molecule has 0 bridgehead atoms. The van der Waals surface area contributed by atoms with Gasteiger partial charge in [0, 0.05) is 16.7 Å². The second-order valence-electron chi connectivity index (χ2n) is 6.16. The van der Waals surface area contributed by atoms with E-state index in [1.54, 1.807) is 24.3 Å². The van der Waals surface area contributed by atoms with Crippen LogP contribution in [-0.2, 0) is 4.79 Å². The Bertz CT molecular complexity index is 1140. The number of carbonyl (C=O) groups excluding carboxylic acids is 1. The SMILES string of the molecule is Cc1ccc(-c2ccc(/C=C3/SC(=S)N(c4cccc(F)c4)C3=O)o2)cc1Cl. The normalized spacial score (nSPS) is 15.7. The Hall–Kier alpha value is -2.41. The molecule has 0 radical (unpaired) electrons. The molecule has 1 aromatic heterocycles. The average molecular weight is 430 g/mol. The molecule has 28 heavy (non-hydrogen) atoms. The van der Waals surface area contributed by atoms with Crippen molar-refractivity contribution in [2.75, 3.05) is 4.90 Å². The topological polar surface area (TPSA) is 33.5 Å². The van der Waals surface area contributed by atoms with E-state index in [0.717, 1.165) is 22.9 Å². The van der Waals surface area contributed by atoms with Crippen LogP contribution in [0, 0.1) is 12.7 Å². The number of furan rings is 1. The summed E-state index contributed by atoms with van der Waals surface area (Å²) in [4.78, 5) is 14.5.